The smallest absolute Gasteiger partial charge is 0.227 e. The van der Waals surface area contributed by atoms with E-state index in [2.05, 4.69) is 55.0 Å². The summed E-state index contributed by atoms with van der Waals surface area (Å²) in [5.41, 5.74) is 6.28. The number of amides is 1. The van der Waals surface area contributed by atoms with Gasteiger partial charge in [0, 0.05) is 45.5 Å². The highest BCUT2D eigenvalue weighted by atomic mass is 16.5. The molecule has 3 aliphatic heterocycles. The van der Waals surface area contributed by atoms with Crippen molar-refractivity contribution in [1.29, 1.82) is 0 Å². The summed E-state index contributed by atoms with van der Waals surface area (Å²) in [6, 6.07) is 10.6. The average molecular weight is 506 g/mol. The van der Waals surface area contributed by atoms with E-state index in [9.17, 15) is 9.90 Å². The molecule has 2 aromatic carbocycles. The predicted molar refractivity (Wildman–Crippen MR) is 148 cm³/mol. The van der Waals surface area contributed by atoms with Crippen molar-refractivity contribution in [2.45, 2.75) is 65.5 Å². The van der Waals surface area contributed by atoms with E-state index in [0.29, 0.717) is 24.8 Å². The van der Waals surface area contributed by atoms with Crippen molar-refractivity contribution in [1.82, 2.24) is 9.80 Å². The third-order valence-corrected chi connectivity index (χ3v) is 8.11. The molecule has 1 N–H and O–H groups in total. The number of ether oxygens (including phenoxy) is 1. The average Bonchev–Trinajstić information content (AvgIpc) is 3.09. The lowest BCUT2D eigenvalue weighted by molar-refractivity contribution is -0.138. The van der Waals surface area contributed by atoms with Crippen LogP contribution in [0.4, 0.5) is 5.69 Å². The molecular weight excluding hydrogens is 462 g/mol. The highest BCUT2D eigenvalue weighted by Crippen LogP contribution is 2.36. The molecular formula is C31H43N3O3. The summed E-state index contributed by atoms with van der Waals surface area (Å²) in [6.45, 7) is 10.1. The van der Waals surface area contributed by atoms with Crippen molar-refractivity contribution in [2.24, 2.45) is 11.8 Å². The van der Waals surface area contributed by atoms with E-state index >= 15 is 0 Å². The maximum absolute atomic E-state index is 13.9. The SMILES string of the molecule is CC(C)CN(Cc1cc(O)c2c(c1)CCCCO2)C(=O)C1CCCN(Cc2cccc3c2N(C)CC3)C1. The zero-order chi connectivity index (χ0) is 25.9. The highest BCUT2D eigenvalue weighted by Gasteiger charge is 2.31. The second kappa shape index (κ2) is 11.3. The fraction of sp³-hybridized carbons (Fsp3) is 0.581. The number of para-hydroxylation sites is 1. The summed E-state index contributed by atoms with van der Waals surface area (Å²) in [5.74, 6) is 1.47. The topological polar surface area (TPSA) is 56.3 Å². The van der Waals surface area contributed by atoms with Crippen molar-refractivity contribution < 1.29 is 14.6 Å². The van der Waals surface area contributed by atoms with Crippen molar-refractivity contribution in [3.05, 3.63) is 52.6 Å². The number of aromatic hydroxyl groups is 1. The van der Waals surface area contributed by atoms with Crippen molar-refractivity contribution >= 4 is 11.6 Å². The van der Waals surface area contributed by atoms with Gasteiger partial charge in [0.05, 0.1) is 12.5 Å². The van der Waals surface area contributed by atoms with Crippen LogP contribution < -0.4 is 9.64 Å². The minimum absolute atomic E-state index is 0.0137. The van der Waals surface area contributed by atoms with Gasteiger partial charge in [0.2, 0.25) is 5.91 Å². The highest BCUT2D eigenvalue weighted by molar-refractivity contribution is 5.79. The maximum Gasteiger partial charge on any atom is 0.227 e. The molecule has 0 aliphatic carbocycles. The number of hydrogen-bond donors (Lipinski definition) is 1. The third-order valence-electron chi connectivity index (χ3n) is 8.11. The minimum Gasteiger partial charge on any atom is -0.504 e. The molecule has 3 heterocycles. The Morgan fingerprint density at radius 2 is 2.00 bits per heavy atom. The Kier molecular flexibility index (Phi) is 7.94. The van der Waals surface area contributed by atoms with E-state index in [0.717, 1.165) is 82.4 Å². The molecule has 0 aromatic heterocycles. The van der Waals surface area contributed by atoms with E-state index in [-0.39, 0.29) is 17.6 Å². The van der Waals surface area contributed by atoms with Crippen LogP contribution in [0.2, 0.25) is 0 Å². The molecule has 0 spiro atoms. The van der Waals surface area contributed by atoms with Crippen molar-refractivity contribution in [2.75, 3.05) is 44.7 Å². The number of benzene rings is 2. The number of likely N-dealkylation sites (N-methyl/N-ethyl adjacent to an activating group) is 1. The van der Waals surface area contributed by atoms with Gasteiger partial charge in [-0.3, -0.25) is 9.69 Å². The summed E-state index contributed by atoms with van der Waals surface area (Å²) in [4.78, 5) is 20.8. The van der Waals surface area contributed by atoms with Gasteiger partial charge in [0.25, 0.3) is 0 Å². The number of anilines is 1. The number of fused-ring (bicyclic) bond motifs is 2. The van der Waals surface area contributed by atoms with Gasteiger partial charge in [0.15, 0.2) is 11.5 Å². The largest absolute Gasteiger partial charge is 0.504 e. The van der Waals surface area contributed by atoms with Crippen LogP contribution in [0.1, 0.15) is 61.8 Å². The molecule has 3 aliphatic rings. The molecule has 37 heavy (non-hydrogen) atoms. The van der Waals surface area contributed by atoms with Gasteiger partial charge in [-0.05, 0) is 79.3 Å². The number of carbonyl (C=O) groups excluding carboxylic acids is 1. The number of aryl methyl sites for hydroxylation is 1. The Labute approximate surface area is 222 Å². The number of hydrogen-bond acceptors (Lipinski definition) is 5. The molecule has 1 atom stereocenters. The number of rotatable bonds is 7. The Balaban J connectivity index is 1.30. The molecule has 1 fully saturated rings. The molecule has 6 heteroatoms. The van der Waals surface area contributed by atoms with E-state index < -0.39 is 0 Å². The fourth-order valence-electron chi connectivity index (χ4n) is 6.43. The van der Waals surface area contributed by atoms with E-state index in [1.54, 1.807) is 6.07 Å². The van der Waals surface area contributed by atoms with Crippen LogP contribution in [0.3, 0.4) is 0 Å². The molecule has 1 unspecified atom stereocenters. The molecule has 1 saturated heterocycles. The minimum atomic E-state index is 0.0137. The van der Waals surface area contributed by atoms with Gasteiger partial charge in [-0.15, -0.1) is 0 Å². The van der Waals surface area contributed by atoms with E-state index in [1.165, 1.54) is 16.8 Å². The van der Waals surface area contributed by atoms with Crippen molar-refractivity contribution in [3.8, 4) is 11.5 Å². The Morgan fingerprint density at radius 3 is 2.84 bits per heavy atom. The first kappa shape index (κ1) is 25.9. The Hall–Kier alpha value is -2.73. The number of phenols is 1. The third kappa shape index (κ3) is 5.90. The van der Waals surface area contributed by atoms with Crippen LogP contribution >= 0.6 is 0 Å². The van der Waals surface area contributed by atoms with Gasteiger partial charge in [-0.1, -0.05) is 38.1 Å². The first-order valence-corrected chi connectivity index (χ1v) is 14.2. The second-order valence-corrected chi connectivity index (χ2v) is 11.7. The number of carbonyl (C=O) groups is 1. The second-order valence-electron chi connectivity index (χ2n) is 11.7. The normalized spacial score (nSPS) is 19.8. The molecule has 6 nitrogen and oxygen atoms in total. The van der Waals surface area contributed by atoms with Crippen LogP contribution in [0.5, 0.6) is 11.5 Å². The summed E-state index contributed by atoms with van der Waals surface area (Å²) in [7, 11) is 2.19. The van der Waals surface area contributed by atoms with Gasteiger partial charge < -0.3 is 19.6 Å². The maximum atomic E-state index is 13.9. The van der Waals surface area contributed by atoms with Crippen molar-refractivity contribution in [3.63, 3.8) is 0 Å². The molecule has 0 radical (unpaired) electrons. The number of phenolic OH excluding ortho intramolecular Hbond substituents is 1. The molecule has 0 bridgehead atoms. The monoisotopic (exact) mass is 505 g/mol. The number of likely N-dealkylation sites (tertiary alicyclic amines) is 1. The van der Waals surface area contributed by atoms with Crippen LogP contribution in [-0.4, -0.2) is 60.6 Å². The Morgan fingerprint density at radius 1 is 1.14 bits per heavy atom. The molecule has 5 rings (SSSR count). The Bertz CT molecular complexity index is 1120. The summed E-state index contributed by atoms with van der Waals surface area (Å²) >= 11 is 0. The van der Waals surface area contributed by atoms with Gasteiger partial charge in [0.1, 0.15) is 0 Å². The summed E-state index contributed by atoms with van der Waals surface area (Å²) < 4.78 is 5.80. The molecule has 2 aromatic rings. The van der Waals surface area contributed by atoms with E-state index in [1.807, 2.05) is 4.90 Å². The first-order valence-electron chi connectivity index (χ1n) is 14.2. The van der Waals surface area contributed by atoms with Crippen LogP contribution in [0.15, 0.2) is 30.3 Å². The lowest BCUT2D eigenvalue weighted by atomic mass is 9.94. The summed E-state index contributed by atoms with van der Waals surface area (Å²) in [5, 5.41) is 10.7. The standard InChI is InChI=1S/C31H43N3O3/c1-22(2)18-34(19-23-16-25-8-4-5-15-37-30(25)28(35)17-23)31(36)27-11-7-13-33(21-27)20-26-10-6-9-24-12-14-32(3)29(24)26/h6,9-10,16-17,22,27,35H,4-5,7-8,11-15,18-21H2,1-3H3. The predicted octanol–water partition coefficient (Wildman–Crippen LogP) is 5.00. The van der Waals surface area contributed by atoms with Gasteiger partial charge in [-0.25, -0.2) is 0 Å². The van der Waals surface area contributed by atoms with Crippen LogP contribution in [-0.2, 0) is 30.7 Å². The zero-order valence-electron chi connectivity index (χ0n) is 22.8. The quantitative estimate of drug-likeness (QED) is 0.574. The van der Waals surface area contributed by atoms with E-state index in [4.69, 9.17) is 4.74 Å². The van der Waals surface area contributed by atoms with Crippen LogP contribution in [0, 0.1) is 11.8 Å². The van der Waals surface area contributed by atoms with Gasteiger partial charge >= 0.3 is 0 Å². The number of piperidine rings is 1. The first-order chi connectivity index (χ1) is 17.9. The molecule has 0 saturated carbocycles. The zero-order valence-corrected chi connectivity index (χ0v) is 22.8. The lowest BCUT2D eigenvalue weighted by Crippen LogP contribution is -2.45. The van der Waals surface area contributed by atoms with Gasteiger partial charge in [-0.2, -0.15) is 0 Å². The van der Waals surface area contributed by atoms with Crippen LogP contribution in [0.25, 0.3) is 0 Å². The lowest BCUT2D eigenvalue weighted by Gasteiger charge is -2.36. The molecule has 200 valence electrons. The number of nitrogens with zero attached hydrogens (tertiary/aromatic N) is 3. The fourth-order valence-corrected chi connectivity index (χ4v) is 6.43. The summed E-state index contributed by atoms with van der Waals surface area (Å²) in [6.07, 6.45) is 6.08. The molecule has 1 amide bonds.